The zero-order valence-corrected chi connectivity index (χ0v) is 13.4. The van der Waals surface area contributed by atoms with Crippen LogP contribution in [0.2, 0.25) is 10.0 Å². The number of rotatable bonds is 1. The Labute approximate surface area is 132 Å². The van der Waals surface area contributed by atoms with Gasteiger partial charge in [-0.1, -0.05) is 23.2 Å². The van der Waals surface area contributed by atoms with Gasteiger partial charge in [-0.15, -0.1) is 10.2 Å². The van der Waals surface area contributed by atoms with Crippen LogP contribution in [0.25, 0.3) is 0 Å². The lowest BCUT2D eigenvalue weighted by atomic mass is 9.97. The van der Waals surface area contributed by atoms with E-state index in [1.807, 2.05) is 24.5 Å². The highest BCUT2D eigenvalue weighted by Gasteiger charge is 2.34. The molecule has 0 fully saturated rings. The van der Waals surface area contributed by atoms with E-state index in [1.165, 1.54) is 0 Å². The zero-order valence-electron chi connectivity index (χ0n) is 11.9. The minimum Gasteiger partial charge on any atom is -0.313 e. The average molecular weight is 325 g/mol. The molecule has 0 N–H and O–H groups in total. The van der Waals surface area contributed by atoms with Crippen LogP contribution >= 0.6 is 23.2 Å². The Bertz CT molecular complexity index is 721. The van der Waals surface area contributed by atoms with E-state index >= 15 is 0 Å². The van der Waals surface area contributed by atoms with Gasteiger partial charge in [-0.25, -0.2) is 0 Å². The second kappa shape index (κ2) is 5.00. The highest BCUT2D eigenvalue weighted by molar-refractivity contribution is 6.42. The van der Waals surface area contributed by atoms with Gasteiger partial charge in [0, 0.05) is 19.2 Å². The molecule has 110 valence electrons. The first-order valence-electron chi connectivity index (χ1n) is 6.53. The summed E-state index contributed by atoms with van der Waals surface area (Å²) in [5, 5.41) is 9.01. The van der Waals surface area contributed by atoms with Crippen LogP contribution in [-0.2, 0) is 11.2 Å². The molecule has 21 heavy (non-hydrogen) atoms. The monoisotopic (exact) mass is 324 g/mol. The van der Waals surface area contributed by atoms with Crippen molar-refractivity contribution < 1.29 is 4.79 Å². The Balaban J connectivity index is 2.12. The number of carbonyl (C=O) groups is 1. The molecule has 1 aliphatic heterocycles. The standard InChI is InChI=1S/C14H14Cl2N4O/c1-7-17-18-8(2)20(7)13-5-9-4-10(15)11(16)6-12(9)19(3)14(13)21/h4,6,13H,5H2,1-3H3. The Morgan fingerprint density at radius 1 is 1.14 bits per heavy atom. The van der Waals surface area contributed by atoms with Crippen molar-refractivity contribution in [2.24, 2.45) is 0 Å². The first-order chi connectivity index (χ1) is 9.90. The number of hydrogen-bond donors (Lipinski definition) is 0. The fourth-order valence-corrected chi connectivity index (χ4v) is 3.16. The lowest BCUT2D eigenvalue weighted by Crippen LogP contribution is -2.40. The minimum absolute atomic E-state index is 0.00751. The fraction of sp³-hybridized carbons (Fsp3) is 0.357. The fourth-order valence-electron chi connectivity index (χ4n) is 2.82. The van der Waals surface area contributed by atoms with Gasteiger partial charge in [0.15, 0.2) is 0 Å². The van der Waals surface area contributed by atoms with Gasteiger partial charge in [0.1, 0.15) is 17.7 Å². The van der Waals surface area contributed by atoms with E-state index in [1.54, 1.807) is 18.0 Å². The van der Waals surface area contributed by atoms with Gasteiger partial charge in [-0.05, 0) is 31.5 Å². The first-order valence-corrected chi connectivity index (χ1v) is 7.29. The number of likely N-dealkylation sites (N-methyl/N-ethyl adjacent to an activating group) is 1. The van der Waals surface area contributed by atoms with Crippen LogP contribution in [-0.4, -0.2) is 27.7 Å². The Kier molecular flexibility index (Phi) is 3.42. The molecule has 0 saturated carbocycles. The zero-order chi connectivity index (χ0) is 15.3. The summed E-state index contributed by atoms with van der Waals surface area (Å²) in [5.41, 5.74) is 1.79. The topological polar surface area (TPSA) is 51.0 Å². The molecule has 5 nitrogen and oxygen atoms in total. The van der Waals surface area contributed by atoms with Crippen molar-refractivity contribution in [3.63, 3.8) is 0 Å². The molecule has 1 unspecified atom stereocenters. The summed E-state index contributed by atoms with van der Waals surface area (Å²) in [6.45, 7) is 3.69. The van der Waals surface area contributed by atoms with E-state index in [9.17, 15) is 4.79 Å². The Hall–Kier alpha value is -1.59. The summed E-state index contributed by atoms with van der Waals surface area (Å²) in [7, 11) is 1.74. The van der Waals surface area contributed by atoms with Crippen LogP contribution in [0.1, 0.15) is 23.3 Å². The SMILES string of the molecule is Cc1nnc(C)n1C1Cc2cc(Cl)c(Cl)cc2N(C)C1=O. The maximum atomic E-state index is 12.7. The van der Waals surface area contributed by atoms with E-state index in [-0.39, 0.29) is 11.9 Å². The smallest absolute Gasteiger partial charge is 0.250 e. The van der Waals surface area contributed by atoms with Gasteiger partial charge in [-0.3, -0.25) is 4.79 Å². The summed E-state index contributed by atoms with van der Waals surface area (Å²) < 4.78 is 1.87. The lowest BCUT2D eigenvalue weighted by molar-refractivity contribution is -0.121. The second-order valence-electron chi connectivity index (χ2n) is 5.18. The van der Waals surface area contributed by atoms with E-state index in [4.69, 9.17) is 23.2 Å². The van der Waals surface area contributed by atoms with Crippen molar-refractivity contribution in [3.8, 4) is 0 Å². The number of nitrogens with zero attached hydrogens (tertiary/aromatic N) is 4. The largest absolute Gasteiger partial charge is 0.313 e. The Morgan fingerprint density at radius 3 is 2.33 bits per heavy atom. The van der Waals surface area contributed by atoms with Gasteiger partial charge in [0.2, 0.25) is 5.91 Å². The van der Waals surface area contributed by atoms with Crippen molar-refractivity contribution in [2.45, 2.75) is 26.3 Å². The molecule has 0 radical (unpaired) electrons. The number of aromatic nitrogens is 3. The maximum Gasteiger partial charge on any atom is 0.250 e. The molecule has 0 bridgehead atoms. The van der Waals surface area contributed by atoms with E-state index < -0.39 is 0 Å². The van der Waals surface area contributed by atoms with Crippen LogP contribution in [0.15, 0.2) is 12.1 Å². The molecule has 1 aliphatic rings. The highest BCUT2D eigenvalue weighted by Crippen LogP contribution is 2.37. The van der Waals surface area contributed by atoms with Crippen LogP contribution < -0.4 is 4.90 Å². The van der Waals surface area contributed by atoms with E-state index in [2.05, 4.69) is 10.2 Å². The summed E-state index contributed by atoms with van der Waals surface area (Å²) >= 11 is 12.1. The third-order valence-corrected chi connectivity index (χ3v) is 4.58. The van der Waals surface area contributed by atoms with Gasteiger partial charge in [-0.2, -0.15) is 0 Å². The van der Waals surface area contributed by atoms with E-state index in [0.29, 0.717) is 16.5 Å². The molecule has 2 heterocycles. The number of amides is 1. The summed E-state index contributed by atoms with van der Waals surface area (Å²) in [6, 6.07) is 3.21. The molecule has 2 aromatic rings. The molecule has 0 aliphatic carbocycles. The van der Waals surface area contributed by atoms with Gasteiger partial charge in [0.05, 0.1) is 10.0 Å². The van der Waals surface area contributed by atoms with Crippen molar-refractivity contribution in [1.82, 2.24) is 14.8 Å². The average Bonchev–Trinajstić information content (AvgIpc) is 2.76. The molecule has 1 aromatic heterocycles. The van der Waals surface area contributed by atoms with Crippen molar-refractivity contribution in [3.05, 3.63) is 39.4 Å². The van der Waals surface area contributed by atoms with Crippen molar-refractivity contribution in [2.75, 3.05) is 11.9 Å². The molecule has 0 saturated heterocycles. The lowest BCUT2D eigenvalue weighted by Gasteiger charge is -2.33. The first kappa shape index (κ1) is 14.4. The van der Waals surface area contributed by atoms with Crippen LogP contribution in [0.4, 0.5) is 5.69 Å². The molecular weight excluding hydrogens is 311 g/mol. The number of benzene rings is 1. The predicted octanol–water partition coefficient (Wildman–Crippen LogP) is 2.96. The second-order valence-corrected chi connectivity index (χ2v) is 5.99. The molecule has 1 amide bonds. The van der Waals surface area contributed by atoms with Crippen molar-refractivity contribution in [1.29, 1.82) is 0 Å². The number of aryl methyl sites for hydroxylation is 2. The third kappa shape index (κ3) is 2.21. The van der Waals surface area contributed by atoms with Crippen LogP contribution in [0, 0.1) is 13.8 Å². The number of carbonyl (C=O) groups excluding carboxylic acids is 1. The molecule has 1 atom stereocenters. The van der Waals surface area contributed by atoms with Crippen molar-refractivity contribution >= 4 is 34.8 Å². The number of halogens is 2. The maximum absolute atomic E-state index is 12.7. The molecule has 0 spiro atoms. The molecule has 7 heteroatoms. The number of anilines is 1. The Morgan fingerprint density at radius 2 is 1.71 bits per heavy atom. The molecule has 3 rings (SSSR count). The summed E-state index contributed by atoms with van der Waals surface area (Å²) in [5.74, 6) is 1.44. The van der Waals surface area contributed by atoms with E-state index in [0.717, 1.165) is 22.9 Å². The van der Waals surface area contributed by atoms with Gasteiger partial charge < -0.3 is 9.47 Å². The quantitative estimate of drug-likeness (QED) is 0.810. The highest BCUT2D eigenvalue weighted by atomic mass is 35.5. The van der Waals surface area contributed by atoms with Crippen LogP contribution in [0.3, 0.4) is 0 Å². The number of hydrogen-bond acceptors (Lipinski definition) is 3. The summed E-state index contributed by atoms with van der Waals surface area (Å²) in [4.78, 5) is 14.3. The number of fused-ring (bicyclic) bond motifs is 1. The van der Waals surface area contributed by atoms with Gasteiger partial charge >= 0.3 is 0 Å². The minimum atomic E-state index is -0.352. The predicted molar refractivity (Wildman–Crippen MR) is 82.1 cm³/mol. The molecule has 1 aromatic carbocycles. The van der Waals surface area contributed by atoms with Gasteiger partial charge in [0.25, 0.3) is 0 Å². The third-order valence-electron chi connectivity index (χ3n) is 3.86. The molecular formula is C14H14Cl2N4O. The summed E-state index contributed by atoms with van der Waals surface area (Å²) in [6.07, 6.45) is 0.551. The normalized spacial score (nSPS) is 18.0. The van der Waals surface area contributed by atoms with Crippen LogP contribution in [0.5, 0.6) is 0 Å².